The second-order valence-corrected chi connectivity index (χ2v) is 3.64. The molecule has 1 aromatic heterocycles. The number of hydrogen-bond acceptors (Lipinski definition) is 3. The normalized spacial score (nSPS) is 10.3. The molecule has 1 heterocycles. The van der Waals surface area contributed by atoms with Crippen LogP contribution in [-0.4, -0.2) is 10.1 Å². The van der Waals surface area contributed by atoms with Crippen LogP contribution in [0.3, 0.4) is 0 Å². The van der Waals surface area contributed by atoms with Gasteiger partial charge in [0.1, 0.15) is 5.82 Å². The van der Waals surface area contributed by atoms with Gasteiger partial charge in [0.2, 0.25) is 11.7 Å². The number of aromatic nitrogens is 2. The molecule has 0 aliphatic rings. The molecule has 0 radical (unpaired) electrons. The first-order valence-electron chi connectivity index (χ1n) is 4.12. The molecular formula is C10H6BrFN2O. The molecule has 1 aromatic carbocycles. The molecule has 0 saturated heterocycles. The lowest BCUT2D eigenvalue weighted by Crippen LogP contribution is -1.83. The molecule has 0 N–H and O–H groups in total. The summed E-state index contributed by atoms with van der Waals surface area (Å²) < 4.78 is 18.2. The van der Waals surface area contributed by atoms with Crippen LogP contribution in [-0.2, 0) is 0 Å². The summed E-state index contributed by atoms with van der Waals surface area (Å²) in [6.07, 6.45) is 1.45. The molecule has 0 amide bonds. The molecule has 0 unspecified atom stereocenters. The first-order valence-corrected chi connectivity index (χ1v) is 4.91. The minimum atomic E-state index is -0.328. The fourth-order valence-electron chi connectivity index (χ4n) is 1.07. The molecule has 0 fully saturated rings. The quantitative estimate of drug-likeness (QED) is 0.839. The lowest BCUT2D eigenvalue weighted by Gasteiger charge is -1.96. The van der Waals surface area contributed by atoms with Crippen molar-refractivity contribution in [2.75, 3.05) is 0 Å². The van der Waals surface area contributed by atoms with Gasteiger partial charge < -0.3 is 4.52 Å². The van der Waals surface area contributed by atoms with Crippen LogP contribution >= 0.6 is 15.9 Å². The monoisotopic (exact) mass is 268 g/mol. The Morgan fingerprint density at radius 1 is 1.47 bits per heavy atom. The number of nitrogens with zero attached hydrogens (tertiary/aromatic N) is 2. The highest BCUT2D eigenvalue weighted by molar-refractivity contribution is 9.10. The maximum Gasteiger partial charge on any atom is 0.250 e. The van der Waals surface area contributed by atoms with Crippen molar-refractivity contribution in [2.45, 2.75) is 0 Å². The zero-order valence-electron chi connectivity index (χ0n) is 7.58. The highest BCUT2D eigenvalue weighted by Gasteiger charge is 2.08. The van der Waals surface area contributed by atoms with Gasteiger partial charge in [-0.05, 0) is 40.2 Å². The van der Waals surface area contributed by atoms with E-state index in [1.807, 2.05) is 0 Å². The van der Waals surface area contributed by atoms with Crippen LogP contribution in [0.5, 0.6) is 0 Å². The molecule has 76 valence electrons. The molecule has 0 spiro atoms. The topological polar surface area (TPSA) is 38.9 Å². The summed E-state index contributed by atoms with van der Waals surface area (Å²) in [6.45, 7) is 3.50. The van der Waals surface area contributed by atoms with E-state index in [2.05, 4.69) is 32.6 Å². The summed E-state index contributed by atoms with van der Waals surface area (Å²) in [5.41, 5.74) is 0.681. The molecular weight excluding hydrogens is 263 g/mol. The van der Waals surface area contributed by atoms with Gasteiger partial charge in [0, 0.05) is 5.56 Å². The zero-order chi connectivity index (χ0) is 10.8. The van der Waals surface area contributed by atoms with Crippen molar-refractivity contribution in [1.82, 2.24) is 10.1 Å². The zero-order valence-corrected chi connectivity index (χ0v) is 9.16. The predicted octanol–water partition coefficient (Wildman–Crippen LogP) is 3.28. The van der Waals surface area contributed by atoms with Crippen molar-refractivity contribution < 1.29 is 8.91 Å². The van der Waals surface area contributed by atoms with Crippen LogP contribution in [0.1, 0.15) is 5.89 Å². The summed E-state index contributed by atoms with van der Waals surface area (Å²) in [4.78, 5) is 4.03. The van der Waals surface area contributed by atoms with Crippen LogP contribution in [0, 0.1) is 5.82 Å². The van der Waals surface area contributed by atoms with Crippen LogP contribution in [0.25, 0.3) is 17.5 Å². The van der Waals surface area contributed by atoms with Crippen molar-refractivity contribution in [3.8, 4) is 11.4 Å². The average molecular weight is 269 g/mol. The molecule has 3 nitrogen and oxygen atoms in total. The van der Waals surface area contributed by atoms with Gasteiger partial charge in [0.15, 0.2) is 0 Å². The summed E-state index contributed by atoms with van der Waals surface area (Å²) in [7, 11) is 0. The Balaban J connectivity index is 2.44. The molecule has 0 bridgehead atoms. The molecule has 0 aliphatic carbocycles. The fraction of sp³-hybridized carbons (Fsp3) is 0. The van der Waals surface area contributed by atoms with E-state index in [0.29, 0.717) is 21.8 Å². The van der Waals surface area contributed by atoms with Crippen molar-refractivity contribution >= 4 is 22.0 Å². The maximum atomic E-state index is 13.0. The maximum absolute atomic E-state index is 13.0. The Bertz CT molecular complexity index is 510. The standard InChI is InChI=1S/C10H6BrFN2O/c1-2-9-13-10(14-15-9)6-3-4-8(12)7(11)5-6/h2-5H,1H2. The highest BCUT2D eigenvalue weighted by atomic mass is 79.9. The Labute approximate surface area is 93.7 Å². The van der Waals surface area contributed by atoms with E-state index in [4.69, 9.17) is 4.52 Å². The molecule has 2 rings (SSSR count). The first kappa shape index (κ1) is 10.0. The number of benzene rings is 1. The van der Waals surface area contributed by atoms with Gasteiger partial charge in [-0.25, -0.2) is 4.39 Å². The van der Waals surface area contributed by atoms with Gasteiger partial charge in [-0.3, -0.25) is 0 Å². The SMILES string of the molecule is C=Cc1nc(-c2ccc(F)c(Br)c2)no1. The van der Waals surface area contributed by atoms with E-state index in [0.717, 1.165) is 0 Å². The van der Waals surface area contributed by atoms with Crippen molar-refractivity contribution in [3.63, 3.8) is 0 Å². The van der Waals surface area contributed by atoms with E-state index in [9.17, 15) is 4.39 Å². The summed E-state index contributed by atoms with van der Waals surface area (Å²) in [5, 5.41) is 3.73. The lowest BCUT2D eigenvalue weighted by atomic mass is 10.2. The van der Waals surface area contributed by atoms with Crippen molar-refractivity contribution in [1.29, 1.82) is 0 Å². The van der Waals surface area contributed by atoms with Gasteiger partial charge in [0.25, 0.3) is 0 Å². The summed E-state index contributed by atoms with van der Waals surface area (Å²) in [6, 6.07) is 4.51. The third-order valence-corrected chi connectivity index (χ3v) is 2.40. The van der Waals surface area contributed by atoms with Crippen LogP contribution in [0.4, 0.5) is 4.39 Å². The molecule has 0 atom stereocenters. The number of halogens is 2. The molecule has 0 aliphatic heterocycles. The lowest BCUT2D eigenvalue weighted by molar-refractivity contribution is 0.411. The largest absolute Gasteiger partial charge is 0.334 e. The Morgan fingerprint density at radius 3 is 2.87 bits per heavy atom. The highest BCUT2D eigenvalue weighted by Crippen LogP contribution is 2.23. The number of rotatable bonds is 2. The van der Waals surface area contributed by atoms with Crippen molar-refractivity contribution in [2.24, 2.45) is 0 Å². The Kier molecular flexibility index (Phi) is 2.64. The third kappa shape index (κ3) is 1.97. The molecule has 15 heavy (non-hydrogen) atoms. The van der Waals surface area contributed by atoms with Crippen LogP contribution in [0.2, 0.25) is 0 Å². The minimum absolute atomic E-state index is 0.328. The van der Waals surface area contributed by atoms with Gasteiger partial charge in [-0.2, -0.15) is 4.98 Å². The van der Waals surface area contributed by atoms with Crippen molar-refractivity contribution in [3.05, 3.63) is 41.0 Å². The van der Waals surface area contributed by atoms with E-state index in [1.54, 1.807) is 12.1 Å². The molecule has 2 aromatic rings. The van der Waals surface area contributed by atoms with E-state index < -0.39 is 0 Å². The Hall–Kier alpha value is -1.49. The second-order valence-electron chi connectivity index (χ2n) is 2.79. The van der Waals surface area contributed by atoms with Gasteiger partial charge >= 0.3 is 0 Å². The average Bonchev–Trinajstić information content (AvgIpc) is 2.70. The first-order chi connectivity index (χ1) is 7.20. The smallest absolute Gasteiger partial charge is 0.250 e. The third-order valence-electron chi connectivity index (χ3n) is 1.79. The van der Waals surface area contributed by atoms with Crippen LogP contribution in [0.15, 0.2) is 33.8 Å². The van der Waals surface area contributed by atoms with E-state index >= 15 is 0 Å². The second kappa shape index (κ2) is 3.94. The summed E-state index contributed by atoms with van der Waals surface area (Å²) >= 11 is 3.09. The van der Waals surface area contributed by atoms with E-state index in [1.165, 1.54) is 12.1 Å². The Morgan fingerprint density at radius 2 is 2.27 bits per heavy atom. The predicted molar refractivity (Wildman–Crippen MR) is 57.5 cm³/mol. The van der Waals surface area contributed by atoms with Crippen LogP contribution < -0.4 is 0 Å². The molecule has 0 saturated carbocycles. The van der Waals surface area contributed by atoms with Gasteiger partial charge in [-0.15, -0.1) is 0 Å². The minimum Gasteiger partial charge on any atom is -0.334 e. The summed E-state index contributed by atoms with van der Waals surface area (Å²) in [5.74, 6) is 0.419. The number of hydrogen-bond donors (Lipinski definition) is 0. The van der Waals surface area contributed by atoms with E-state index in [-0.39, 0.29) is 5.82 Å². The van der Waals surface area contributed by atoms with Gasteiger partial charge in [-0.1, -0.05) is 11.7 Å². The fourth-order valence-corrected chi connectivity index (χ4v) is 1.45. The molecule has 5 heteroatoms. The van der Waals surface area contributed by atoms with Gasteiger partial charge in [0.05, 0.1) is 4.47 Å².